The number of carbonyl (C=O) groups excluding carboxylic acids is 1. The minimum Gasteiger partial charge on any atom is -0.496 e. The number of likely N-dealkylation sites (tertiary alicyclic amines) is 1. The number of aliphatic carboxylic acids is 1. The SMILES string of the molecule is COc1cc(O[C@H]2CCc3c(-c4cccc(-c5ccc(CNC[C@@H]6CCC(=O)C6)c(OC)n5)c4Cl)cccc32)c(C(F)(F)F)cc1CN1CC[C@@](C)(C(=O)O)C1. The second-order valence-electron chi connectivity index (χ2n) is 15.3. The fraction of sp³-hybridized carbons (Fsp3) is 0.419. The number of carboxylic acid groups (broad SMARTS) is 1. The Morgan fingerprint density at radius 2 is 1.77 bits per heavy atom. The Kier molecular flexibility index (Phi) is 11.4. The predicted molar refractivity (Wildman–Crippen MR) is 206 cm³/mol. The maximum Gasteiger partial charge on any atom is 0.419 e. The summed E-state index contributed by atoms with van der Waals surface area (Å²) in [6.07, 6.45) is -1.76. The van der Waals surface area contributed by atoms with E-state index < -0.39 is 29.2 Å². The van der Waals surface area contributed by atoms with E-state index >= 15 is 0 Å². The van der Waals surface area contributed by atoms with Gasteiger partial charge >= 0.3 is 12.1 Å². The van der Waals surface area contributed by atoms with Gasteiger partial charge in [0, 0.05) is 60.8 Å². The summed E-state index contributed by atoms with van der Waals surface area (Å²) in [6.45, 7) is 3.72. The topological polar surface area (TPSA) is 110 Å². The quantitative estimate of drug-likeness (QED) is 0.137. The van der Waals surface area contributed by atoms with Gasteiger partial charge in [-0.25, -0.2) is 4.98 Å². The highest BCUT2D eigenvalue weighted by atomic mass is 35.5. The predicted octanol–water partition coefficient (Wildman–Crippen LogP) is 8.93. The molecule has 3 aliphatic rings. The minimum absolute atomic E-state index is 0.110. The van der Waals surface area contributed by atoms with Gasteiger partial charge in [-0.3, -0.25) is 14.5 Å². The third-order valence-corrected chi connectivity index (χ3v) is 11.8. The van der Waals surface area contributed by atoms with Gasteiger partial charge in [0.2, 0.25) is 5.88 Å². The van der Waals surface area contributed by atoms with Crippen molar-refractivity contribution in [2.24, 2.45) is 11.3 Å². The minimum atomic E-state index is -4.71. The Labute approximate surface area is 329 Å². The van der Waals surface area contributed by atoms with Gasteiger partial charge in [-0.1, -0.05) is 54.1 Å². The van der Waals surface area contributed by atoms with Gasteiger partial charge in [0.1, 0.15) is 23.4 Å². The van der Waals surface area contributed by atoms with E-state index in [0.29, 0.717) is 84.6 Å². The number of hydrogen-bond donors (Lipinski definition) is 2. The van der Waals surface area contributed by atoms with Crippen molar-refractivity contribution in [1.29, 1.82) is 0 Å². The Hall–Kier alpha value is -4.65. The van der Waals surface area contributed by atoms with Crippen molar-refractivity contribution in [1.82, 2.24) is 15.2 Å². The zero-order valence-corrected chi connectivity index (χ0v) is 32.4. The second kappa shape index (κ2) is 16.1. The lowest BCUT2D eigenvalue weighted by atomic mass is 9.90. The number of nitrogens with one attached hydrogen (secondary N) is 1. The highest BCUT2D eigenvalue weighted by Gasteiger charge is 2.42. The van der Waals surface area contributed by atoms with Crippen molar-refractivity contribution in [3.63, 3.8) is 0 Å². The van der Waals surface area contributed by atoms with Gasteiger partial charge in [0.05, 0.1) is 35.9 Å². The second-order valence-corrected chi connectivity index (χ2v) is 15.7. The highest BCUT2D eigenvalue weighted by Crippen LogP contribution is 2.47. The van der Waals surface area contributed by atoms with Crippen LogP contribution in [0.25, 0.3) is 22.4 Å². The summed E-state index contributed by atoms with van der Waals surface area (Å²) in [7, 11) is 2.97. The van der Waals surface area contributed by atoms with Crippen molar-refractivity contribution in [3.8, 4) is 39.8 Å². The summed E-state index contributed by atoms with van der Waals surface area (Å²) in [6, 6.07) is 17.6. The number of carbonyl (C=O) groups is 2. The van der Waals surface area contributed by atoms with Crippen molar-refractivity contribution < 1.29 is 42.1 Å². The number of Topliss-reactive ketones (excluding diaryl/α,β-unsaturated/α-hetero) is 1. The van der Waals surface area contributed by atoms with Crippen LogP contribution < -0.4 is 19.5 Å². The molecule has 0 radical (unpaired) electrons. The van der Waals surface area contributed by atoms with Crippen LogP contribution >= 0.6 is 11.6 Å². The van der Waals surface area contributed by atoms with E-state index in [9.17, 15) is 27.9 Å². The molecule has 2 aliphatic carbocycles. The molecule has 1 saturated heterocycles. The highest BCUT2D eigenvalue weighted by molar-refractivity contribution is 6.36. The molecule has 1 saturated carbocycles. The fourth-order valence-electron chi connectivity index (χ4n) is 8.33. The molecule has 1 aromatic heterocycles. The van der Waals surface area contributed by atoms with E-state index in [2.05, 4.69) is 5.32 Å². The number of ether oxygens (including phenoxy) is 3. The number of carboxylic acids is 1. The summed E-state index contributed by atoms with van der Waals surface area (Å²) in [4.78, 5) is 30.1. The Morgan fingerprint density at radius 1 is 1.00 bits per heavy atom. The Morgan fingerprint density at radius 3 is 2.46 bits per heavy atom. The third-order valence-electron chi connectivity index (χ3n) is 11.4. The number of ketones is 1. The first-order valence-corrected chi connectivity index (χ1v) is 19.2. The first-order valence-electron chi connectivity index (χ1n) is 18.9. The van der Waals surface area contributed by atoms with Crippen LogP contribution in [0, 0.1) is 11.3 Å². The summed E-state index contributed by atoms with van der Waals surface area (Å²) < 4.78 is 61.3. The number of hydrogen-bond acceptors (Lipinski definition) is 8. The number of rotatable bonds is 13. The molecule has 2 fully saturated rings. The molecular formula is C43H45ClF3N3O6. The molecule has 0 unspecified atom stereocenters. The molecule has 13 heteroatoms. The van der Waals surface area contributed by atoms with Gasteiger partial charge < -0.3 is 24.6 Å². The molecular weight excluding hydrogens is 747 g/mol. The van der Waals surface area contributed by atoms with Gasteiger partial charge in [-0.05, 0) is 80.4 Å². The van der Waals surface area contributed by atoms with Crippen molar-refractivity contribution in [3.05, 3.63) is 93.5 Å². The van der Waals surface area contributed by atoms with Crippen LogP contribution in [-0.4, -0.2) is 60.6 Å². The van der Waals surface area contributed by atoms with Gasteiger partial charge in [-0.15, -0.1) is 0 Å². The number of fused-ring (bicyclic) bond motifs is 1. The zero-order valence-electron chi connectivity index (χ0n) is 31.6. The lowest BCUT2D eigenvalue weighted by Gasteiger charge is -2.24. The lowest BCUT2D eigenvalue weighted by molar-refractivity contribution is -0.147. The largest absolute Gasteiger partial charge is 0.496 e. The average molecular weight is 792 g/mol. The molecule has 0 amide bonds. The van der Waals surface area contributed by atoms with Crippen LogP contribution in [0.3, 0.4) is 0 Å². The zero-order chi connectivity index (χ0) is 39.8. The summed E-state index contributed by atoms with van der Waals surface area (Å²) >= 11 is 7.14. The van der Waals surface area contributed by atoms with Gasteiger partial charge in [-0.2, -0.15) is 13.2 Å². The maximum absolute atomic E-state index is 14.6. The van der Waals surface area contributed by atoms with Crippen LogP contribution in [0.4, 0.5) is 13.2 Å². The standard InChI is InChI=1S/C43H45ClF3N3O6/c1-42(41(52)53)16-17-50(24-42)23-27-19-34(43(45,46)47)38(20-37(27)54-2)56-36-15-13-30-29(6-4-7-31(30)36)32-8-5-9-33(39(32)44)35-14-11-26(40(49-35)55-3)22-48-21-25-10-12-28(51)18-25/h4-9,11,14,19-20,25,36,48H,10,12-13,15-18,21-24H2,1-3H3,(H,52,53)/t25-,36+,42-/m1/s1. The molecule has 3 aromatic carbocycles. The van der Waals surface area contributed by atoms with Crippen molar-refractivity contribution in [2.45, 2.75) is 70.8 Å². The molecule has 9 nitrogen and oxygen atoms in total. The molecule has 0 spiro atoms. The maximum atomic E-state index is 14.6. The van der Waals surface area contributed by atoms with Crippen LogP contribution in [0.2, 0.25) is 5.02 Å². The molecule has 296 valence electrons. The van der Waals surface area contributed by atoms with Crippen LogP contribution in [0.15, 0.2) is 60.7 Å². The molecule has 1 aliphatic heterocycles. The number of alkyl halides is 3. The summed E-state index contributed by atoms with van der Waals surface area (Å²) in [5, 5.41) is 13.6. The van der Waals surface area contributed by atoms with E-state index in [1.807, 2.05) is 53.4 Å². The Bertz CT molecular complexity index is 2140. The lowest BCUT2D eigenvalue weighted by Crippen LogP contribution is -2.31. The van der Waals surface area contributed by atoms with E-state index in [1.165, 1.54) is 13.2 Å². The number of pyridine rings is 1. The molecule has 4 aromatic rings. The van der Waals surface area contributed by atoms with E-state index in [4.69, 9.17) is 30.8 Å². The molecule has 2 heterocycles. The van der Waals surface area contributed by atoms with E-state index in [1.54, 1.807) is 14.0 Å². The molecule has 3 atom stereocenters. The monoisotopic (exact) mass is 791 g/mol. The van der Waals surface area contributed by atoms with Crippen LogP contribution in [0.1, 0.15) is 72.9 Å². The molecule has 7 rings (SSSR count). The average Bonchev–Trinajstić information content (AvgIpc) is 3.90. The fourth-order valence-corrected chi connectivity index (χ4v) is 8.66. The third kappa shape index (κ3) is 8.10. The van der Waals surface area contributed by atoms with Gasteiger partial charge in [0.25, 0.3) is 0 Å². The van der Waals surface area contributed by atoms with E-state index in [0.717, 1.165) is 46.8 Å². The number of aromatic nitrogens is 1. The summed E-state index contributed by atoms with van der Waals surface area (Å²) in [5.74, 6) is 0.125. The summed E-state index contributed by atoms with van der Waals surface area (Å²) in [5.41, 5.74) is 4.01. The number of nitrogens with zero attached hydrogens (tertiary/aromatic N) is 2. The van der Waals surface area contributed by atoms with Crippen LogP contribution in [0.5, 0.6) is 17.4 Å². The van der Waals surface area contributed by atoms with Crippen molar-refractivity contribution in [2.75, 3.05) is 33.9 Å². The van der Waals surface area contributed by atoms with E-state index in [-0.39, 0.29) is 24.6 Å². The number of halogens is 4. The van der Waals surface area contributed by atoms with Gasteiger partial charge in [0.15, 0.2) is 0 Å². The number of benzene rings is 3. The molecule has 2 N–H and O–H groups in total. The first kappa shape index (κ1) is 39.6. The van der Waals surface area contributed by atoms with Crippen molar-refractivity contribution >= 4 is 23.4 Å². The van der Waals surface area contributed by atoms with Crippen LogP contribution in [-0.2, 0) is 35.3 Å². The number of methoxy groups -OCH3 is 2. The first-order chi connectivity index (χ1) is 26.8. The normalized spacial score (nSPS) is 21.0. The molecule has 0 bridgehead atoms. The Balaban J connectivity index is 1.12. The molecule has 56 heavy (non-hydrogen) atoms. The smallest absolute Gasteiger partial charge is 0.419 e.